The summed E-state index contributed by atoms with van der Waals surface area (Å²) in [7, 11) is 0. The number of rotatable bonds is 3. The van der Waals surface area contributed by atoms with E-state index in [0.29, 0.717) is 13.1 Å². The van der Waals surface area contributed by atoms with Crippen LogP contribution in [0.1, 0.15) is 32.4 Å². The first-order valence-electron chi connectivity index (χ1n) is 7.23. The van der Waals surface area contributed by atoms with Crippen molar-refractivity contribution in [3.05, 3.63) is 35.9 Å². The zero-order valence-electron chi connectivity index (χ0n) is 12.5. The molecule has 4 heteroatoms. The van der Waals surface area contributed by atoms with Crippen molar-refractivity contribution >= 4 is 5.91 Å². The van der Waals surface area contributed by atoms with Gasteiger partial charge in [-0.05, 0) is 19.4 Å². The Morgan fingerprint density at radius 2 is 1.95 bits per heavy atom. The van der Waals surface area contributed by atoms with Crippen molar-refractivity contribution in [3.8, 4) is 0 Å². The van der Waals surface area contributed by atoms with Crippen LogP contribution in [0.25, 0.3) is 0 Å². The SMILES string of the molecule is CC1CN(C(=O)C(C)C(C)N)CC(c2ccccc2)O1. The number of carbonyl (C=O) groups is 1. The second-order valence-electron chi connectivity index (χ2n) is 5.74. The lowest BCUT2D eigenvalue weighted by molar-refractivity contribution is -0.149. The molecule has 1 aromatic rings. The van der Waals surface area contributed by atoms with Crippen LogP contribution in [0.5, 0.6) is 0 Å². The largest absolute Gasteiger partial charge is 0.367 e. The number of hydrogen-bond acceptors (Lipinski definition) is 3. The number of carbonyl (C=O) groups excluding carboxylic acids is 1. The molecule has 0 aliphatic carbocycles. The van der Waals surface area contributed by atoms with Gasteiger partial charge in [0.25, 0.3) is 0 Å². The Morgan fingerprint density at radius 3 is 2.55 bits per heavy atom. The second kappa shape index (κ2) is 6.37. The summed E-state index contributed by atoms with van der Waals surface area (Å²) in [6, 6.07) is 9.93. The van der Waals surface area contributed by atoms with Gasteiger partial charge in [-0.1, -0.05) is 37.3 Å². The van der Waals surface area contributed by atoms with E-state index in [1.165, 1.54) is 0 Å². The van der Waals surface area contributed by atoms with Crippen molar-refractivity contribution in [2.45, 2.75) is 39.0 Å². The summed E-state index contributed by atoms with van der Waals surface area (Å²) in [5.41, 5.74) is 6.96. The van der Waals surface area contributed by atoms with E-state index in [1.54, 1.807) is 0 Å². The number of hydrogen-bond donors (Lipinski definition) is 1. The maximum atomic E-state index is 12.5. The summed E-state index contributed by atoms with van der Waals surface area (Å²) in [4.78, 5) is 14.3. The normalized spacial score (nSPS) is 26.1. The van der Waals surface area contributed by atoms with E-state index in [0.717, 1.165) is 5.56 Å². The van der Waals surface area contributed by atoms with Crippen LogP contribution in [0.15, 0.2) is 30.3 Å². The molecule has 1 amide bonds. The first kappa shape index (κ1) is 15.0. The molecule has 0 aromatic heterocycles. The van der Waals surface area contributed by atoms with E-state index in [2.05, 4.69) is 0 Å². The number of morpholine rings is 1. The lowest BCUT2D eigenvalue weighted by Crippen LogP contribution is -2.50. The van der Waals surface area contributed by atoms with Gasteiger partial charge in [-0.3, -0.25) is 4.79 Å². The highest BCUT2D eigenvalue weighted by atomic mass is 16.5. The van der Waals surface area contributed by atoms with Crippen molar-refractivity contribution in [2.75, 3.05) is 13.1 Å². The Kier molecular flexibility index (Phi) is 4.78. The summed E-state index contributed by atoms with van der Waals surface area (Å²) in [5.74, 6) is -0.0344. The van der Waals surface area contributed by atoms with E-state index in [4.69, 9.17) is 10.5 Å². The molecule has 0 spiro atoms. The molecule has 2 rings (SSSR count). The molecule has 4 unspecified atom stereocenters. The molecule has 20 heavy (non-hydrogen) atoms. The Hall–Kier alpha value is -1.39. The number of nitrogens with two attached hydrogens (primary N) is 1. The Morgan fingerprint density at radius 1 is 1.30 bits per heavy atom. The summed E-state index contributed by atoms with van der Waals surface area (Å²) < 4.78 is 5.97. The summed E-state index contributed by atoms with van der Waals surface area (Å²) in [5, 5.41) is 0. The summed E-state index contributed by atoms with van der Waals surface area (Å²) in [6.45, 7) is 7.02. The van der Waals surface area contributed by atoms with Gasteiger partial charge in [0.05, 0.1) is 18.6 Å². The zero-order valence-corrected chi connectivity index (χ0v) is 12.5. The number of benzene rings is 1. The summed E-state index contributed by atoms with van der Waals surface area (Å²) in [6.07, 6.45) is -0.0117. The number of ether oxygens (including phenoxy) is 1. The Labute approximate surface area is 120 Å². The highest BCUT2D eigenvalue weighted by Crippen LogP contribution is 2.26. The molecule has 1 aliphatic rings. The lowest BCUT2D eigenvalue weighted by atomic mass is 10.0. The molecule has 110 valence electrons. The molecular formula is C16H24N2O2. The van der Waals surface area contributed by atoms with E-state index in [-0.39, 0.29) is 30.1 Å². The fraction of sp³-hybridized carbons (Fsp3) is 0.562. The van der Waals surface area contributed by atoms with Gasteiger partial charge in [-0.25, -0.2) is 0 Å². The van der Waals surface area contributed by atoms with Crippen LogP contribution in [0, 0.1) is 5.92 Å². The molecule has 1 saturated heterocycles. The predicted molar refractivity (Wildman–Crippen MR) is 79.1 cm³/mol. The van der Waals surface area contributed by atoms with E-state index >= 15 is 0 Å². The third-order valence-corrected chi connectivity index (χ3v) is 3.92. The molecule has 1 fully saturated rings. The third kappa shape index (κ3) is 3.38. The van der Waals surface area contributed by atoms with Gasteiger partial charge in [0.15, 0.2) is 0 Å². The van der Waals surface area contributed by atoms with Gasteiger partial charge < -0.3 is 15.4 Å². The fourth-order valence-electron chi connectivity index (χ4n) is 2.50. The van der Waals surface area contributed by atoms with Crippen LogP contribution in [-0.4, -0.2) is 36.0 Å². The molecule has 2 N–H and O–H groups in total. The highest BCUT2D eigenvalue weighted by molar-refractivity contribution is 5.79. The maximum absolute atomic E-state index is 12.5. The van der Waals surface area contributed by atoms with Gasteiger partial charge in [-0.15, -0.1) is 0 Å². The average Bonchev–Trinajstić information content (AvgIpc) is 2.45. The number of nitrogens with zero attached hydrogens (tertiary/aromatic N) is 1. The molecule has 1 aliphatic heterocycles. The topological polar surface area (TPSA) is 55.6 Å². The second-order valence-corrected chi connectivity index (χ2v) is 5.74. The van der Waals surface area contributed by atoms with Gasteiger partial charge >= 0.3 is 0 Å². The monoisotopic (exact) mass is 276 g/mol. The first-order chi connectivity index (χ1) is 9.49. The summed E-state index contributed by atoms with van der Waals surface area (Å²) >= 11 is 0. The van der Waals surface area contributed by atoms with Crippen molar-refractivity contribution in [2.24, 2.45) is 11.7 Å². The molecule has 1 aromatic carbocycles. The van der Waals surface area contributed by atoms with Crippen LogP contribution in [0.2, 0.25) is 0 Å². The quantitative estimate of drug-likeness (QED) is 0.918. The maximum Gasteiger partial charge on any atom is 0.227 e. The molecular weight excluding hydrogens is 252 g/mol. The molecule has 0 bridgehead atoms. The predicted octanol–water partition coefficient (Wildman–Crippen LogP) is 1.96. The van der Waals surface area contributed by atoms with Gasteiger partial charge in [-0.2, -0.15) is 0 Å². The fourth-order valence-corrected chi connectivity index (χ4v) is 2.50. The minimum Gasteiger partial charge on any atom is -0.367 e. The van der Waals surface area contributed by atoms with E-state index < -0.39 is 0 Å². The van der Waals surface area contributed by atoms with Gasteiger partial charge in [0, 0.05) is 12.6 Å². The zero-order chi connectivity index (χ0) is 14.7. The Bertz CT molecular complexity index is 447. The number of amides is 1. The van der Waals surface area contributed by atoms with Crippen LogP contribution >= 0.6 is 0 Å². The van der Waals surface area contributed by atoms with Gasteiger partial charge in [0.1, 0.15) is 6.10 Å². The molecule has 4 nitrogen and oxygen atoms in total. The van der Waals surface area contributed by atoms with Crippen molar-refractivity contribution in [1.29, 1.82) is 0 Å². The standard InChI is InChI=1S/C16H24N2O2/c1-11-9-18(16(19)12(2)13(3)17)10-15(20-11)14-7-5-4-6-8-14/h4-8,11-13,15H,9-10,17H2,1-3H3. The van der Waals surface area contributed by atoms with Crippen LogP contribution in [-0.2, 0) is 9.53 Å². The molecule has 0 radical (unpaired) electrons. The van der Waals surface area contributed by atoms with Gasteiger partial charge in [0.2, 0.25) is 5.91 Å². The minimum atomic E-state index is -0.156. The highest BCUT2D eigenvalue weighted by Gasteiger charge is 2.32. The van der Waals surface area contributed by atoms with Crippen LogP contribution in [0.3, 0.4) is 0 Å². The molecule has 1 heterocycles. The van der Waals surface area contributed by atoms with E-state index in [9.17, 15) is 4.79 Å². The van der Waals surface area contributed by atoms with Crippen molar-refractivity contribution < 1.29 is 9.53 Å². The lowest BCUT2D eigenvalue weighted by Gasteiger charge is -2.38. The average molecular weight is 276 g/mol. The smallest absolute Gasteiger partial charge is 0.227 e. The molecule has 0 saturated carbocycles. The third-order valence-electron chi connectivity index (χ3n) is 3.92. The van der Waals surface area contributed by atoms with Crippen molar-refractivity contribution in [3.63, 3.8) is 0 Å². The Balaban J connectivity index is 2.11. The minimum absolute atomic E-state index is 0.0400. The van der Waals surface area contributed by atoms with Crippen LogP contribution in [0.4, 0.5) is 0 Å². The molecule has 4 atom stereocenters. The van der Waals surface area contributed by atoms with Crippen LogP contribution < -0.4 is 5.73 Å². The van der Waals surface area contributed by atoms with Crippen molar-refractivity contribution in [1.82, 2.24) is 4.90 Å². The first-order valence-corrected chi connectivity index (χ1v) is 7.23. The van der Waals surface area contributed by atoms with E-state index in [1.807, 2.05) is 56.0 Å².